The Balaban J connectivity index is 3.28. The second-order valence-electron chi connectivity index (χ2n) is 2.44. The van der Waals surface area contributed by atoms with Crippen molar-refractivity contribution in [2.45, 2.75) is 0 Å². The van der Waals surface area contributed by atoms with Gasteiger partial charge in [-0.3, -0.25) is 5.41 Å². The molecule has 0 radical (unpaired) electrons. The Morgan fingerprint density at radius 2 is 2.31 bits per heavy atom. The Hall–Kier alpha value is -1.89. The molecule has 1 aromatic carbocycles. The summed E-state index contributed by atoms with van der Waals surface area (Å²) in [6, 6.07) is 6.36. The van der Waals surface area contributed by atoms with Crippen LogP contribution >= 0.6 is 0 Å². The van der Waals surface area contributed by atoms with Gasteiger partial charge in [0.2, 0.25) is 5.97 Å². The summed E-state index contributed by atoms with van der Waals surface area (Å²) in [6.07, 6.45) is 0. The number of nitriles is 1. The molecule has 1 aromatic rings. The Morgan fingerprint density at radius 3 is 2.77 bits per heavy atom. The molecule has 0 saturated carbocycles. The molecule has 0 aromatic heterocycles. The quantitative estimate of drug-likeness (QED) is 0.677. The van der Waals surface area contributed by atoms with E-state index in [1.54, 1.807) is 19.2 Å². The third-order valence-corrected chi connectivity index (χ3v) is 1.65. The maximum atomic E-state index is 12.6. The lowest BCUT2D eigenvalue weighted by molar-refractivity contribution is 0.798. The maximum absolute atomic E-state index is 12.6. The van der Waals surface area contributed by atoms with Crippen LogP contribution in [0.25, 0.3) is 0 Å². The molecule has 0 amide bonds. The number of anilines is 1. The first-order valence-electron chi connectivity index (χ1n) is 3.65. The van der Waals surface area contributed by atoms with E-state index in [9.17, 15) is 4.39 Å². The third-order valence-electron chi connectivity index (χ3n) is 1.65. The summed E-state index contributed by atoms with van der Waals surface area (Å²) in [6.45, 7) is 0. The van der Waals surface area contributed by atoms with Gasteiger partial charge >= 0.3 is 0 Å². The number of hydrogen-bond donors (Lipinski definition) is 2. The topological polar surface area (TPSA) is 59.7 Å². The van der Waals surface area contributed by atoms with Crippen molar-refractivity contribution in [2.75, 3.05) is 12.4 Å². The van der Waals surface area contributed by atoms with E-state index < -0.39 is 5.97 Å². The first-order valence-corrected chi connectivity index (χ1v) is 3.65. The van der Waals surface area contributed by atoms with E-state index in [4.69, 9.17) is 10.7 Å². The van der Waals surface area contributed by atoms with Gasteiger partial charge in [-0.05, 0) is 18.2 Å². The molecule has 0 aliphatic heterocycles. The number of benzene rings is 1. The van der Waals surface area contributed by atoms with Crippen LogP contribution in [-0.2, 0) is 0 Å². The monoisotopic (exact) mass is 177 g/mol. The standard InChI is InChI=1S/C9H8FN3/c1-13-8-3-2-6(5-11)4-7(8)9(10)12/h2-4,12-13H,1H3. The van der Waals surface area contributed by atoms with E-state index in [1.807, 2.05) is 6.07 Å². The number of hydrogen-bond acceptors (Lipinski definition) is 3. The normalized spacial score (nSPS) is 9.00. The lowest BCUT2D eigenvalue weighted by atomic mass is 10.1. The largest absolute Gasteiger partial charge is 0.388 e. The molecule has 0 heterocycles. The molecular formula is C9H8FN3. The predicted octanol–water partition coefficient (Wildman–Crippen LogP) is 1.89. The molecule has 0 saturated heterocycles. The van der Waals surface area contributed by atoms with Crippen LogP contribution in [0.5, 0.6) is 0 Å². The highest BCUT2D eigenvalue weighted by molar-refractivity contribution is 5.97. The number of nitrogens with one attached hydrogen (secondary N) is 2. The number of halogens is 1. The lowest BCUT2D eigenvalue weighted by Gasteiger charge is -2.05. The van der Waals surface area contributed by atoms with Crippen molar-refractivity contribution in [3.8, 4) is 6.07 Å². The second-order valence-corrected chi connectivity index (χ2v) is 2.44. The van der Waals surface area contributed by atoms with Crippen LogP contribution in [0.15, 0.2) is 18.2 Å². The zero-order chi connectivity index (χ0) is 9.84. The van der Waals surface area contributed by atoms with Crippen LogP contribution in [0.1, 0.15) is 11.1 Å². The average molecular weight is 177 g/mol. The molecule has 0 unspecified atom stereocenters. The van der Waals surface area contributed by atoms with Gasteiger partial charge in [0, 0.05) is 12.7 Å². The van der Waals surface area contributed by atoms with Crippen LogP contribution in [0.4, 0.5) is 10.1 Å². The van der Waals surface area contributed by atoms with Gasteiger partial charge in [-0.2, -0.15) is 9.65 Å². The van der Waals surface area contributed by atoms with Crippen LogP contribution in [0.3, 0.4) is 0 Å². The van der Waals surface area contributed by atoms with Crippen molar-refractivity contribution in [3.63, 3.8) is 0 Å². The summed E-state index contributed by atoms with van der Waals surface area (Å²) >= 11 is 0. The minimum atomic E-state index is -1.04. The lowest BCUT2D eigenvalue weighted by Crippen LogP contribution is -1.99. The Kier molecular flexibility index (Phi) is 2.60. The van der Waals surface area contributed by atoms with E-state index in [2.05, 4.69) is 5.32 Å². The van der Waals surface area contributed by atoms with Gasteiger partial charge in [0.25, 0.3) is 0 Å². The van der Waals surface area contributed by atoms with Gasteiger partial charge < -0.3 is 5.32 Å². The van der Waals surface area contributed by atoms with Gasteiger partial charge in [-0.1, -0.05) is 0 Å². The molecule has 0 aliphatic carbocycles. The molecule has 0 spiro atoms. The molecule has 1 rings (SSSR count). The van der Waals surface area contributed by atoms with Gasteiger partial charge in [0.1, 0.15) is 0 Å². The third kappa shape index (κ3) is 1.82. The summed E-state index contributed by atoms with van der Waals surface area (Å²) in [4.78, 5) is 0. The first-order chi connectivity index (χ1) is 6.19. The highest BCUT2D eigenvalue weighted by Gasteiger charge is 2.06. The molecule has 4 heteroatoms. The minimum Gasteiger partial charge on any atom is -0.388 e. The maximum Gasteiger partial charge on any atom is 0.214 e. The molecule has 0 aliphatic rings. The first kappa shape index (κ1) is 9.20. The molecule has 3 nitrogen and oxygen atoms in total. The van der Waals surface area contributed by atoms with Gasteiger partial charge in [0.15, 0.2) is 0 Å². The van der Waals surface area contributed by atoms with Crippen molar-refractivity contribution >= 4 is 11.7 Å². The van der Waals surface area contributed by atoms with E-state index in [0.717, 1.165) is 0 Å². The molecule has 0 atom stereocenters. The summed E-state index contributed by atoms with van der Waals surface area (Å²) in [5.74, 6) is -1.04. The van der Waals surface area contributed by atoms with Crippen molar-refractivity contribution in [2.24, 2.45) is 0 Å². The minimum absolute atomic E-state index is 0.113. The Labute approximate surface area is 75.3 Å². The van der Waals surface area contributed by atoms with Gasteiger partial charge in [-0.25, -0.2) is 0 Å². The molecule has 0 bridgehead atoms. The van der Waals surface area contributed by atoms with Crippen LogP contribution in [-0.4, -0.2) is 13.0 Å². The second kappa shape index (κ2) is 3.68. The van der Waals surface area contributed by atoms with Crippen molar-refractivity contribution < 1.29 is 4.39 Å². The van der Waals surface area contributed by atoms with Gasteiger partial charge in [-0.15, -0.1) is 0 Å². The molecule has 0 fully saturated rings. The highest BCUT2D eigenvalue weighted by Crippen LogP contribution is 2.17. The van der Waals surface area contributed by atoms with E-state index in [0.29, 0.717) is 11.3 Å². The summed E-state index contributed by atoms with van der Waals surface area (Å²) < 4.78 is 12.6. The predicted molar refractivity (Wildman–Crippen MR) is 48.6 cm³/mol. The van der Waals surface area contributed by atoms with Crippen LogP contribution in [0.2, 0.25) is 0 Å². The van der Waals surface area contributed by atoms with Crippen LogP contribution in [0, 0.1) is 16.7 Å². The summed E-state index contributed by atoms with van der Waals surface area (Å²) in [7, 11) is 1.63. The Bertz CT molecular complexity index is 379. The van der Waals surface area contributed by atoms with Crippen LogP contribution < -0.4 is 5.32 Å². The molecule has 66 valence electrons. The Morgan fingerprint density at radius 1 is 1.62 bits per heavy atom. The summed E-state index contributed by atoms with van der Waals surface area (Å²) in [5.41, 5.74) is 0.962. The molecule has 13 heavy (non-hydrogen) atoms. The van der Waals surface area contributed by atoms with Crippen molar-refractivity contribution in [1.82, 2.24) is 0 Å². The van der Waals surface area contributed by atoms with E-state index in [-0.39, 0.29) is 5.56 Å². The highest BCUT2D eigenvalue weighted by atomic mass is 19.1. The molecular weight excluding hydrogens is 169 g/mol. The fourth-order valence-electron chi connectivity index (χ4n) is 1.01. The zero-order valence-corrected chi connectivity index (χ0v) is 7.06. The fourth-order valence-corrected chi connectivity index (χ4v) is 1.01. The number of rotatable bonds is 2. The SMILES string of the molecule is CNc1ccc(C#N)cc1C(=N)F. The average Bonchev–Trinajstić information content (AvgIpc) is 2.16. The van der Waals surface area contributed by atoms with Crippen molar-refractivity contribution in [3.05, 3.63) is 29.3 Å². The van der Waals surface area contributed by atoms with E-state index in [1.165, 1.54) is 6.07 Å². The fraction of sp³-hybridized carbons (Fsp3) is 0.111. The number of nitrogens with zero attached hydrogens (tertiary/aromatic N) is 1. The van der Waals surface area contributed by atoms with Crippen molar-refractivity contribution in [1.29, 1.82) is 10.7 Å². The van der Waals surface area contributed by atoms with Gasteiger partial charge in [0.05, 0.1) is 17.2 Å². The molecule has 2 N–H and O–H groups in total. The zero-order valence-electron chi connectivity index (χ0n) is 7.06. The van der Waals surface area contributed by atoms with E-state index >= 15 is 0 Å². The summed E-state index contributed by atoms with van der Waals surface area (Å²) in [5, 5.41) is 18.1. The smallest absolute Gasteiger partial charge is 0.214 e.